The highest BCUT2D eigenvalue weighted by Gasteiger charge is 2.15. The monoisotopic (exact) mass is 410 g/mol. The first kappa shape index (κ1) is 15.7. The second-order valence-corrected chi connectivity index (χ2v) is 6.06. The Balaban J connectivity index is 2.04. The Morgan fingerprint density at radius 1 is 0.905 bits per heavy atom. The molecule has 2 aromatic rings. The van der Waals surface area contributed by atoms with Gasteiger partial charge >= 0.3 is 11.8 Å². The summed E-state index contributed by atoms with van der Waals surface area (Å²) in [5, 5.41) is 5.11. The summed E-state index contributed by atoms with van der Waals surface area (Å²) in [5.41, 5.74) is 2.09. The van der Waals surface area contributed by atoms with Gasteiger partial charge in [0, 0.05) is 14.6 Å². The second-order valence-electron chi connectivity index (χ2n) is 4.35. The van der Waals surface area contributed by atoms with E-state index in [0.717, 1.165) is 10.0 Å². The normalized spacial score (nSPS) is 10.0. The van der Waals surface area contributed by atoms with Gasteiger partial charge in [0.2, 0.25) is 0 Å². The minimum absolute atomic E-state index is 0.546. The minimum Gasteiger partial charge on any atom is -0.318 e. The molecular formula is C15H12Br2N2O2. The molecule has 2 rings (SSSR count). The Labute approximate surface area is 139 Å². The van der Waals surface area contributed by atoms with Crippen LogP contribution in [-0.2, 0) is 9.59 Å². The van der Waals surface area contributed by atoms with Gasteiger partial charge in [-0.15, -0.1) is 0 Å². The van der Waals surface area contributed by atoms with Crippen LogP contribution in [0.3, 0.4) is 0 Å². The van der Waals surface area contributed by atoms with Crippen molar-refractivity contribution < 1.29 is 9.59 Å². The van der Waals surface area contributed by atoms with Crippen LogP contribution in [0, 0.1) is 6.92 Å². The van der Waals surface area contributed by atoms with E-state index in [1.54, 1.807) is 30.3 Å². The largest absolute Gasteiger partial charge is 0.318 e. The molecule has 0 aliphatic heterocycles. The molecule has 0 saturated carbocycles. The van der Waals surface area contributed by atoms with E-state index in [2.05, 4.69) is 42.5 Å². The molecule has 0 aromatic heterocycles. The van der Waals surface area contributed by atoms with E-state index in [4.69, 9.17) is 0 Å². The maximum absolute atomic E-state index is 11.9. The van der Waals surface area contributed by atoms with Crippen LogP contribution in [-0.4, -0.2) is 11.8 Å². The van der Waals surface area contributed by atoms with Crippen LogP contribution in [0.2, 0.25) is 0 Å². The molecule has 0 radical (unpaired) electrons. The summed E-state index contributed by atoms with van der Waals surface area (Å²) < 4.78 is 1.66. The minimum atomic E-state index is -0.720. The van der Waals surface area contributed by atoms with Gasteiger partial charge in [0.25, 0.3) is 0 Å². The molecule has 0 saturated heterocycles. The predicted octanol–water partition coefficient (Wildman–Crippen LogP) is 4.10. The van der Waals surface area contributed by atoms with E-state index >= 15 is 0 Å². The quantitative estimate of drug-likeness (QED) is 0.731. The number of halogens is 2. The molecule has 4 nitrogen and oxygen atoms in total. The van der Waals surface area contributed by atoms with E-state index in [9.17, 15) is 9.59 Å². The number of amides is 2. The summed E-state index contributed by atoms with van der Waals surface area (Å²) in [6.07, 6.45) is 0. The van der Waals surface area contributed by atoms with E-state index in [0.29, 0.717) is 15.8 Å². The van der Waals surface area contributed by atoms with E-state index in [1.165, 1.54) is 0 Å². The third kappa shape index (κ3) is 4.15. The summed E-state index contributed by atoms with van der Waals surface area (Å²) in [5.74, 6) is -1.44. The molecule has 2 N–H and O–H groups in total. The predicted molar refractivity (Wildman–Crippen MR) is 90.3 cm³/mol. The molecule has 2 aromatic carbocycles. The molecule has 2 amide bonds. The Bertz CT molecular complexity index is 702. The maximum Gasteiger partial charge on any atom is 0.314 e. The average molecular weight is 412 g/mol. The smallest absolute Gasteiger partial charge is 0.314 e. The van der Waals surface area contributed by atoms with Crippen molar-refractivity contribution in [3.05, 3.63) is 57.0 Å². The van der Waals surface area contributed by atoms with Crippen LogP contribution < -0.4 is 10.6 Å². The fourth-order valence-corrected chi connectivity index (χ4v) is 2.28. The van der Waals surface area contributed by atoms with Crippen molar-refractivity contribution in [1.82, 2.24) is 0 Å². The number of benzene rings is 2. The number of aryl methyl sites for hydroxylation is 1. The number of rotatable bonds is 2. The second kappa shape index (κ2) is 6.87. The Hall–Kier alpha value is -1.66. The molecule has 0 bridgehead atoms. The number of nitrogens with one attached hydrogen (secondary N) is 2. The van der Waals surface area contributed by atoms with Crippen LogP contribution in [0.25, 0.3) is 0 Å². The van der Waals surface area contributed by atoms with Crippen molar-refractivity contribution in [2.45, 2.75) is 6.92 Å². The van der Waals surface area contributed by atoms with Crippen LogP contribution >= 0.6 is 31.9 Å². The number of hydrogen-bond acceptors (Lipinski definition) is 2. The summed E-state index contributed by atoms with van der Waals surface area (Å²) in [6.45, 7) is 1.90. The van der Waals surface area contributed by atoms with Gasteiger partial charge in [-0.3, -0.25) is 9.59 Å². The lowest BCUT2D eigenvalue weighted by Crippen LogP contribution is -2.29. The van der Waals surface area contributed by atoms with Gasteiger partial charge in [0.15, 0.2) is 0 Å². The molecule has 0 aliphatic carbocycles. The van der Waals surface area contributed by atoms with E-state index < -0.39 is 11.8 Å². The number of carbonyl (C=O) groups excluding carboxylic acids is 2. The van der Waals surface area contributed by atoms with Crippen LogP contribution in [0.1, 0.15) is 5.56 Å². The number of hydrogen-bond donors (Lipinski definition) is 2. The first-order valence-electron chi connectivity index (χ1n) is 6.10. The topological polar surface area (TPSA) is 58.2 Å². The summed E-state index contributed by atoms with van der Waals surface area (Å²) >= 11 is 6.69. The van der Waals surface area contributed by atoms with E-state index in [-0.39, 0.29) is 0 Å². The van der Waals surface area contributed by atoms with Gasteiger partial charge in [-0.05, 0) is 58.7 Å². The number of anilines is 2. The molecule has 0 atom stereocenters. The molecular weight excluding hydrogens is 400 g/mol. The van der Waals surface area contributed by atoms with Gasteiger partial charge in [-0.2, -0.15) is 0 Å². The molecule has 0 spiro atoms. The highest BCUT2D eigenvalue weighted by Crippen LogP contribution is 2.22. The Kier molecular flexibility index (Phi) is 5.14. The lowest BCUT2D eigenvalue weighted by Gasteiger charge is -2.08. The van der Waals surface area contributed by atoms with Crippen molar-refractivity contribution >= 4 is 55.0 Å². The van der Waals surface area contributed by atoms with Crippen molar-refractivity contribution in [3.8, 4) is 0 Å². The van der Waals surface area contributed by atoms with Gasteiger partial charge in [-0.1, -0.05) is 28.1 Å². The molecule has 108 valence electrons. The molecule has 0 fully saturated rings. The average Bonchev–Trinajstić information content (AvgIpc) is 2.45. The zero-order chi connectivity index (χ0) is 15.4. The summed E-state index contributed by atoms with van der Waals surface area (Å²) in [7, 11) is 0. The van der Waals surface area contributed by atoms with Crippen LogP contribution in [0.4, 0.5) is 11.4 Å². The highest BCUT2D eigenvalue weighted by molar-refractivity contribution is 9.10. The number of para-hydroxylation sites is 1. The molecule has 6 heteroatoms. The van der Waals surface area contributed by atoms with Gasteiger partial charge in [0.1, 0.15) is 0 Å². The first-order chi connectivity index (χ1) is 9.97. The van der Waals surface area contributed by atoms with Gasteiger partial charge < -0.3 is 10.6 Å². The summed E-state index contributed by atoms with van der Waals surface area (Å²) in [4.78, 5) is 23.7. The third-order valence-corrected chi connectivity index (χ3v) is 4.33. The van der Waals surface area contributed by atoms with Crippen LogP contribution in [0.5, 0.6) is 0 Å². The number of carbonyl (C=O) groups is 2. The zero-order valence-electron chi connectivity index (χ0n) is 11.1. The first-order valence-corrected chi connectivity index (χ1v) is 7.69. The lowest BCUT2D eigenvalue weighted by atomic mass is 10.2. The molecule has 0 unspecified atom stereocenters. The molecule has 0 aliphatic rings. The van der Waals surface area contributed by atoms with Crippen LogP contribution in [0.15, 0.2) is 51.4 Å². The Morgan fingerprint density at radius 2 is 1.57 bits per heavy atom. The lowest BCUT2D eigenvalue weighted by molar-refractivity contribution is -0.133. The summed E-state index contributed by atoms with van der Waals surface area (Å²) in [6, 6.07) is 12.4. The van der Waals surface area contributed by atoms with Crippen molar-refractivity contribution in [1.29, 1.82) is 0 Å². The fraction of sp³-hybridized carbons (Fsp3) is 0.0667. The maximum atomic E-state index is 11.9. The van der Waals surface area contributed by atoms with Crippen molar-refractivity contribution in [2.75, 3.05) is 10.6 Å². The SMILES string of the molecule is Cc1cc(NC(=O)C(=O)Nc2ccccc2Br)ccc1Br. The van der Waals surface area contributed by atoms with E-state index in [1.807, 2.05) is 19.1 Å². The highest BCUT2D eigenvalue weighted by atomic mass is 79.9. The van der Waals surface area contributed by atoms with Gasteiger partial charge in [-0.25, -0.2) is 0 Å². The fourth-order valence-electron chi connectivity index (χ4n) is 1.65. The van der Waals surface area contributed by atoms with Crippen molar-refractivity contribution in [3.63, 3.8) is 0 Å². The molecule has 21 heavy (non-hydrogen) atoms. The van der Waals surface area contributed by atoms with Crippen molar-refractivity contribution in [2.24, 2.45) is 0 Å². The third-order valence-electron chi connectivity index (χ3n) is 2.74. The standard InChI is InChI=1S/C15H12Br2N2O2/c1-9-8-10(6-7-11(9)16)18-14(20)15(21)19-13-5-3-2-4-12(13)17/h2-8H,1H3,(H,18,20)(H,19,21). The molecule has 0 heterocycles. The zero-order valence-corrected chi connectivity index (χ0v) is 14.3. The Morgan fingerprint density at radius 3 is 2.24 bits per heavy atom. The van der Waals surface area contributed by atoms with Gasteiger partial charge in [0.05, 0.1) is 5.69 Å².